The van der Waals surface area contributed by atoms with Crippen LogP contribution in [0, 0.1) is 6.92 Å². The molecule has 0 aliphatic rings. The zero-order valence-corrected chi connectivity index (χ0v) is 12.4. The molecule has 4 heteroatoms. The lowest BCUT2D eigenvalue weighted by atomic mass is 10.1. The summed E-state index contributed by atoms with van der Waals surface area (Å²) in [6.07, 6.45) is 0.967. The highest BCUT2D eigenvalue weighted by molar-refractivity contribution is 5.88. The van der Waals surface area contributed by atoms with Crippen molar-refractivity contribution in [2.75, 3.05) is 0 Å². The second-order valence-electron chi connectivity index (χ2n) is 4.54. The van der Waals surface area contributed by atoms with Crippen LogP contribution in [0.2, 0.25) is 0 Å². The molecule has 1 N–H and O–H groups in total. The number of carboxylic acid groups (broad SMARTS) is 1. The second kappa shape index (κ2) is 7.06. The molecule has 0 bridgehead atoms. The van der Waals surface area contributed by atoms with Crippen molar-refractivity contribution in [2.45, 2.75) is 26.8 Å². The molecule has 0 fully saturated rings. The summed E-state index contributed by atoms with van der Waals surface area (Å²) in [7, 11) is 0. The molecule has 0 saturated heterocycles. The number of carboxylic acids is 1. The molecule has 0 radical (unpaired) electrons. The molecule has 20 heavy (non-hydrogen) atoms. The molecular formula is C16H18ClNO2. The predicted octanol–water partition coefficient (Wildman–Crippen LogP) is 0.0617. The number of carbonyl (C=O) groups is 1. The first-order chi connectivity index (χ1) is 9.15. The fourth-order valence-electron chi connectivity index (χ4n) is 2.30. The summed E-state index contributed by atoms with van der Waals surface area (Å²) in [6, 6.07) is 13.6. The number of halogens is 1. The van der Waals surface area contributed by atoms with Crippen LogP contribution in [0.4, 0.5) is 0 Å². The molecule has 0 unspecified atom stereocenters. The van der Waals surface area contributed by atoms with Gasteiger partial charge in [0.1, 0.15) is 12.1 Å². The summed E-state index contributed by atoms with van der Waals surface area (Å²) in [5.41, 5.74) is 3.34. The smallest absolute Gasteiger partial charge is 0.342 e. The van der Waals surface area contributed by atoms with E-state index in [0.29, 0.717) is 5.56 Å². The molecule has 0 aliphatic heterocycles. The van der Waals surface area contributed by atoms with Gasteiger partial charge >= 0.3 is 5.97 Å². The van der Waals surface area contributed by atoms with Crippen LogP contribution in [0.25, 0.3) is 11.3 Å². The Kier molecular flexibility index (Phi) is 5.71. The average Bonchev–Trinajstić information content (AvgIpc) is 2.41. The van der Waals surface area contributed by atoms with E-state index in [1.165, 1.54) is 0 Å². The average molecular weight is 292 g/mol. The van der Waals surface area contributed by atoms with Gasteiger partial charge < -0.3 is 17.5 Å². The number of aromatic carboxylic acids is 1. The maximum absolute atomic E-state index is 11.2. The Morgan fingerprint density at radius 2 is 1.80 bits per heavy atom. The van der Waals surface area contributed by atoms with Crippen molar-refractivity contribution < 1.29 is 26.9 Å². The third kappa shape index (κ3) is 3.17. The van der Waals surface area contributed by atoms with Crippen molar-refractivity contribution in [1.82, 2.24) is 0 Å². The fourth-order valence-corrected chi connectivity index (χ4v) is 2.30. The highest BCUT2D eigenvalue weighted by atomic mass is 35.5. The lowest BCUT2D eigenvalue weighted by Gasteiger charge is -2.08. The monoisotopic (exact) mass is 291 g/mol. The van der Waals surface area contributed by atoms with Gasteiger partial charge in [-0.15, -0.1) is 0 Å². The number of benzene rings is 1. The standard InChI is InChI=1S/C16H17NO2.ClH/c1-3-11-17-12(2)14(16(18)19)9-10-15(17)13-7-5-4-6-8-13;/h4-10H,3,11H2,1-2H3;1H. The molecular weight excluding hydrogens is 274 g/mol. The molecule has 106 valence electrons. The summed E-state index contributed by atoms with van der Waals surface area (Å²) in [6.45, 7) is 4.78. The van der Waals surface area contributed by atoms with Crippen molar-refractivity contribution in [3.05, 3.63) is 53.7 Å². The fraction of sp³-hybridized carbons (Fsp3) is 0.250. The summed E-state index contributed by atoms with van der Waals surface area (Å²) in [4.78, 5) is 11.2. The first-order valence-corrected chi connectivity index (χ1v) is 6.47. The number of pyridine rings is 1. The van der Waals surface area contributed by atoms with Crippen LogP contribution in [0.1, 0.15) is 29.4 Å². The van der Waals surface area contributed by atoms with Gasteiger partial charge in [-0.1, -0.05) is 25.1 Å². The summed E-state index contributed by atoms with van der Waals surface area (Å²) in [5, 5.41) is 9.21. The van der Waals surface area contributed by atoms with E-state index in [1.54, 1.807) is 6.07 Å². The minimum atomic E-state index is -0.873. The molecule has 0 atom stereocenters. The minimum absolute atomic E-state index is 0. The van der Waals surface area contributed by atoms with Crippen LogP contribution in [-0.2, 0) is 6.54 Å². The molecule has 1 aromatic heterocycles. The van der Waals surface area contributed by atoms with Gasteiger partial charge in [0.2, 0.25) is 5.69 Å². The van der Waals surface area contributed by atoms with Gasteiger partial charge in [-0.3, -0.25) is 0 Å². The van der Waals surface area contributed by atoms with Gasteiger partial charge in [-0.25, -0.2) is 4.79 Å². The van der Waals surface area contributed by atoms with E-state index in [9.17, 15) is 9.90 Å². The maximum Gasteiger partial charge on any atom is 0.342 e. The van der Waals surface area contributed by atoms with E-state index in [1.807, 2.05) is 43.3 Å². The zero-order valence-electron chi connectivity index (χ0n) is 11.6. The van der Waals surface area contributed by atoms with Gasteiger partial charge in [0.15, 0.2) is 5.69 Å². The van der Waals surface area contributed by atoms with Crippen LogP contribution < -0.4 is 17.0 Å². The van der Waals surface area contributed by atoms with Crippen LogP contribution >= 0.6 is 0 Å². The third-order valence-electron chi connectivity index (χ3n) is 3.24. The number of hydrogen-bond acceptors (Lipinski definition) is 1. The van der Waals surface area contributed by atoms with Gasteiger partial charge in [-0.05, 0) is 18.2 Å². The van der Waals surface area contributed by atoms with Crippen LogP contribution in [0.5, 0.6) is 0 Å². The van der Waals surface area contributed by atoms with Crippen molar-refractivity contribution in [2.24, 2.45) is 0 Å². The summed E-state index contributed by atoms with van der Waals surface area (Å²) in [5.74, 6) is -0.873. The van der Waals surface area contributed by atoms with Gasteiger partial charge in [0.25, 0.3) is 0 Å². The number of nitrogens with zero attached hydrogens (tertiary/aromatic N) is 1. The predicted molar refractivity (Wildman–Crippen MR) is 74.1 cm³/mol. The Balaban J connectivity index is 0.00000200. The van der Waals surface area contributed by atoms with E-state index in [4.69, 9.17) is 0 Å². The minimum Gasteiger partial charge on any atom is -1.00 e. The number of hydrogen-bond donors (Lipinski definition) is 1. The molecule has 1 heterocycles. The Morgan fingerprint density at radius 1 is 1.15 bits per heavy atom. The summed E-state index contributed by atoms with van der Waals surface area (Å²) < 4.78 is 2.08. The van der Waals surface area contributed by atoms with Crippen molar-refractivity contribution in [1.29, 1.82) is 0 Å². The molecule has 0 amide bonds. The molecule has 0 saturated carbocycles. The first kappa shape index (κ1) is 16.2. The molecule has 3 nitrogen and oxygen atoms in total. The lowest BCUT2D eigenvalue weighted by molar-refractivity contribution is -0.692. The number of aromatic nitrogens is 1. The van der Waals surface area contributed by atoms with Crippen LogP contribution in [0.3, 0.4) is 0 Å². The van der Waals surface area contributed by atoms with E-state index in [-0.39, 0.29) is 12.4 Å². The Morgan fingerprint density at radius 3 is 2.35 bits per heavy atom. The van der Waals surface area contributed by atoms with Crippen LogP contribution in [-0.4, -0.2) is 11.1 Å². The Labute approximate surface area is 125 Å². The summed E-state index contributed by atoms with van der Waals surface area (Å²) >= 11 is 0. The van der Waals surface area contributed by atoms with E-state index < -0.39 is 5.97 Å². The van der Waals surface area contributed by atoms with Crippen LogP contribution in [0.15, 0.2) is 42.5 Å². The van der Waals surface area contributed by atoms with Crippen molar-refractivity contribution in [3.63, 3.8) is 0 Å². The maximum atomic E-state index is 11.2. The highest BCUT2D eigenvalue weighted by Gasteiger charge is 2.21. The second-order valence-corrected chi connectivity index (χ2v) is 4.54. The third-order valence-corrected chi connectivity index (χ3v) is 3.24. The Hall–Kier alpha value is -1.87. The normalized spacial score (nSPS) is 9.90. The Bertz CT molecular complexity index is 597. The van der Waals surface area contributed by atoms with Gasteiger partial charge in [-0.2, -0.15) is 4.57 Å². The molecule has 1 aromatic carbocycles. The number of rotatable bonds is 4. The lowest BCUT2D eigenvalue weighted by Crippen LogP contribution is -3.00. The zero-order chi connectivity index (χ0) is 13.8. The molecule has 2 aromatic rings. The van der Waals surface area contributed by atoms with Gasteiger partial charge in [0.05, 0.1) is 0 Å². The molecule has 0 spiro atoms. The van der Waals surface area contributed by atoms with Crippen molar-refractivity contribution >= 4 is 5.97 Å². The van der Waals surface area contributed by atoms with Gasteiger partial charge in [0, 0.05) is 25.0 Å². The molecule has 2 rings (SSSR count). The largest absolute Gasteiger partial charge is 1.00 e. The highest BCUT2D eigenvalue weighted by Crippen LogP contribution is 2.17. The van der Waals surface area contributed by atoms with E-state index in [2.05, 4.69) is 11.5 Å². The van der Waals surface area contributed by atoms with E-state index in [0.717, 1.165) is 29.9 Å². The first-order valence-electron chi connectivity index (χ1n) is 6.47. The molecule has 0 aliphatic carbocycles. The quantitative estimate of drug-likeness (QED) is 0.810. The topological polar surface area (TPSA) is 41.2 Å². The van der Waals surface area contributed by atoms with E-state index >= 15 is 0 Å². The van der Waals surface area contributed by atoms with Crippen molar-refractivity contribution in [3.8, 4) is 11.3 Å². The SMILES string of the molecule is CCC[n+]1c(-c2ccccc2)ccc(C(=O)O)c1C.[Cl-].